The minimum Gasteiger partial charge on any atom is -0.456 e. The molecule has 0 amide bonds. The van der Waals surface area contributed by atoms with Crippen molar-refractivity contribution in [3.8, 4) is 44.5 Å². The van der Waals surface area contributed by atoms with E-state index in [1.165, 1.54) is 98.4 Å². The lowest BCUT2D eigenvalue weighted by Gasteiger charge is -2.20. The molecule has 0 radical (unpaired) electrons. The molecule has 0 unspecified atom stereocenters. The average molecular weight is 723 g/mol. The maximum atomic E-state index is 6.24. The van der Waals surface area contributed by atoms with E-state index in [-0.39, 0.29) is 0 Å². The molecule has 12 rings (SSSR count). The van der Waals surface area contributed by atoms with Crippen molar-refractivity contribution in [1.82, 2.24) is 0 Å². The molecule has 0 atom stereocenters. The van der Waals surface area contributed by atoms with Crippen molar-refractivity contribution in [1.29, 1.82) is 0 Å². The van der Waals surface area contributed by atoms with Gasteiger partial charge in [-0.15, -0.1) is 0 Å². The Morgan fingerprint density at radius 3 is 1.28 bits per heavy atom. The van der Waals surface area contributed by atoms with Gasteiger partial charge in [0.15, 0.2) is 0 Å². The van der Waals surface area contributed by atoms with E-state index >= 15 is 0 Å². The second-order valence-electron chi connectivity index (χ2n) is 15.1. The van der Waals surface area contributed by atoms with Crippen LogP contribution in [-0.2, 0) is 0 Å². The summed E-state index contributed by atoms with van der Waals surface area (Å²) >= 11 is 0. The summed E-state index contributed by atoms with van der Waals surface area (Å²) in [6.45, 7) is 0. The van der Waals surface area contributed by atoms with Gasteiger partial charge in [0.2, 0.25) is 0 Å². The van der Waals surface area contributed by atoms with Gasteiger partial charge in [0.05, 0.1) is 0 Å². The summed E-state index contributed by atoms with van der Waals surface area (Å²) in [5, 5.41) is 15.0. The molecule has 0 fully saturated rings. The smallest absolute Gasteiger partial charge is 0.136 e. The first kappa shape index (κ1) is 31.8. The van der Waals surface area contributed by atoms with Gasteiger partial charge in [-0.1, -0.05) is 188 Å². The van der Waals surface area contributed by atoms with E-state index in [9.17, 15) is 0 Å². The molecular weight excluding hydrogens is 689 g/mol. The Balaban J connectivity index is 1.06. The summed E-state index contributed by atoms with van der Waals surface area (Å²) in [5.74, 6) is 0. The zero-order valence-electron chi connectivity index (χ0n) is 31.0. The quantitative estimate of drug-likeness (QED) is 0.130. The van der Waals surface area contributed by atoms with Crippen LogP contribution in [0, 0.1) is 0 Å². The van der Waals surface area contributed by atoms with Crippen LogP contribution in [0.25, 0.3) is 120 Å². The minimum atomic E-state index is 0.913. The molecule has 0 aliphatic rings. The second kappa shape index (κ2) is 12.5. The number of hydrogen-bond donors (Lipinski definition) is 0. The molecule has 12 aromatic rings. The van der Waals surface area contributed by atoms with Gasteiger partial charge in [0.25, 0.3) is 0 Å². The van der Waals surface area contributed by atoms with Crippen LogP contribution in [0.5, 0.6) is 0 Å². The number of fused-ring (bicyclic) bond motifs is 11. The van der Waals surface area contributed by atoms with Gasteiger partial charge in [-0.05, 0) is 117 Å². The third-order valence-corrected chi connectivity index (χ3v) is 12.1. The molecule has 11 aromatic carbocycles. The normalized spacial score (nSPS) is 11.9. The molecule has 1 nitrogen and oxygen atoms in total. The Morgan fingerprint density at radius 1 is 0.228 bits per heavy atom. The van der Waals surface area contributed by atoms with Gasteiger partial charge in [0, 0.05) is 10.8 Å². The Labute approximate surface area is 329 Å². The third-order valence-electron chi connectivity index (χ3n) is 12.1. The van der Waals surface area contributed by atoms with Crippen LogP contribution in [0.3, 0.4) is 0 Å². The summed E-state index contributed by atoms with van der Waals surface area (Å²) in [7, 11) is 0. The SMILES string of the molecule is c1ccc(-c2c3ccccc3c(-c3ccc(-c4cccc5oc6ccccc6c45)cc3)c3ccccc23)c(-c2ccc3c4ccccc4c4ccccc4c3c2)c1. The van der Waals surface area contributed by atoms with E-state index in [1.54, 1.807) is 0 Å². The first-order chi connectivity index (χ1) is 28.3. The van der Waals surface area contributed by atoms with Gasteiger partial charge < -0.3 is 4.42 Å². The molecule has 264 valence electrons. The zero-order valence-corrected chi connectivity index (χ0v) is 31.0. The van der Waals surface area contributed by atoms with Gasteiger partial charge in [-0.2, -0.15) is 0 Å². The van der Waals surface area contributed by atoms with Gasteiger partial charge >= 0.3 is 0 Å². The topological polar surface area (TPSA) is 13.1 Å². The monoisotopic (exact) mass is 722 g/mol. The highest BCUT2D eigenvalue weighted by Crippen LogP contribution is 2.47. The van der Waals surface area contributed by atoms with Crippen LogP contribution in [0.2, 0.25) is 0 Å². The van der Waals surface area contributed by atoms with Crippen molar-refractivity contribution in [2.45, 2.75) is 0 Å². The Hall–Kier alpha value is -7.48. The predicted octanol–water partition coefficient (Wildman–Crippen LogP) is 16.0. The standard InChI is InChI=1S/C56H34O/c1-6-19-45(38(14-1)37-32-33-44-42-17-3-2-15-40(42)41-16-4-5-18-43(41)51(44)34-37)55-48-22-9-7-20-46(48)54(47-21-8-10-23-49(47)55)36-30-28-35(29-31-36)39-25-13-27-53-56(39)50-24-11-12-26-52(50)57-53/h1-34H. The first-order valence-electron chi connectivity index (χ1n) is 19.7. The number of furan rings is 1. The molecule has 1 heterocycles. The number of rotatable bonds is 4. The van der Waals surface area contributed by atoms with Crippen molar-refractivity contribution in [3.63, 3.8) is 0 Å². The highest BCUT2D eigenvalue weighted by atomic mass is 16.3. The van der Waals surface area contributed by atoms with Crippen LogP contribution < -0.4 is 0 Å². The summed E-state index contributed by atoms with van der Waals surface area (Å²) in [4.78, 5) is 0. The summed E-state index contributed by atoms with van der Waals surface area (Å²) in [6.07, 6.45) is 0. The molecule has 57 heavy (non-hydrogen) atoms. The molecule has 0 saturated carbocycles. The van der Waals surface area contributed by atoms with Crippen LogP contribution in [0.1, 0.15) is 0 Å². The Bertz CT molecular complexity index is 3480. The van der Waals surface area contributed by atoms with E-state index in [1.807, 2.05) is 12.1 Å². The fourth-order valence-corrected chi connectivity index (χ4v) is 9.59. The summed E-state index contributed by atoms with van der Waals surface area (Å²) in [6, 6.07) is 75.3. The van der Waals surface area contributed by atoms with E-state index in [0.717, 1.165) is 21.9 Å². The lowest BCUT2D eigenvalue weighted by molar-refractivity contribution is 0.669. The number of para-hydroxylation sites is 1. The van der Waals surface area contributed by atoms with Crippen molar-refractivity contribution in [2.75, 3.05) is 0 Å². The highest BCUT2D eigenvalue weighted by Gasteiger charge is 2.20. The Morgan fingerprint density at radius 2 is 0.649 bits per heavy atom. The molecule has 0 bridgehead atoms. The van der Waals surface area contributed by atoms with E-state index in [4.69, 9.17) is 4.42 Å². The van der Waals surface area contributed by atoms with Gasteiger partial charge in [-0.3, -0.25) is 0 Å². The first-order valence-corrected chi connectivity index (χ1v) is 19.7. The zero-order chi connectivity index (χ0) is 37.5. The van der Waals surface area contributed by atoms with Gasteiger partial charge in [0.1, 0.15) is 11.2 Å². The molecule has 0 aliphatic carbocycles. The minimum absolute atomic E-state index is 0.913. The van der Waals surface area contributed by atoms with Crippen molar-refractivity contribution < 1.29 is 4.42 Å². The molecule has 0 saturated heterocycles. The maximum Gasteiger partial charge on any atom is 0.136 e. The van der Waals surface area contributed by atoms with Crippen LogP contribution in [0.15, 0.2) is 211 Å². The highest BCUT2D eigenvalue weighted by molar-refractivity contribution is 6.26. The fourth-order valence-electron chi connectivity index (χ4n) is 9.59. The van der Waals surface area contributed by atoms with Crippen LogP contribution in [0.4, 0.5) is 0 Å². The fraction of sp³-hybridized carbons (Fsp3) is 0. The molecule has 1 aromatic heterocycles. The summed E-state index contributed by atoms with van der Waals surface area (Å²) in [5.41, 5.74) is 11.6. The summed E-state index contributed by atoms with van der Waals surface area (Å²) < 4.78 is 6.24. The molecule has 1 heteroatoms. The second-order valence-corrected chi connectivity index (χ2v) is 15.1. The number of benzene rings is 11. The molecule has 0 spiro atoms. The molecule has 0 N–H and O–H groups in total. The maximum absolute atomic E-state index is 6.24. The van der Waals surface area contributed by atoms with Crippen molar-refractivity contribution in [3.05, 3.63) is 206 Å². The van der Waals surface area contributed by atoms with Crippen LogP contribution in [-0.4, -0.2) is 0 Å². The average Bonchev–Trinajstić information content (AvgIpc) is 3.67. The predicted molar refractivity (Wildman–Crippen MR) is 243 cm³/mol. The van der Waals surface area contributed by atoms with Crippen molar-refractivity contribution in [2.24, 2.45) is 0 Å². The van der Waals surface area contributed by atoms with Crippen molar-refractivity contribution >= 4 is 75.8 Å². The lowest BCUT2D eigenvalue weighted by atomic mass is 9.83. The van der Waals surface area contributed by atoms with Gasteiger partial charge in [-0.25, -0.2) is 0 Å². The van der Waals surface area contributed by atoms with E-state index in [2.05, 4.69) is 194 Å². The van der Waals surface area contributed by atoms with E-state index < -0.39 is 0 Å². The largest absolute Gasteiger partial charge is 0.456 e. The Kier molecular flexibility index (Phi) is 7.00. The molecular formula is C56H34O. The number of hydrogen-bond acceptors (Lipinski definition) is 1. The molecule has 0 aliphatic heterocycles. The lowest BCUT2D eigenvalue weighted by Crippen LogP contribution is -1.93. The third kappa shape index (κ3) is 4.83. The van der Waals surface area contributed by atoms with Crippen LogP contribution >= 0.6 is 0 Å². The van der Waals surface area contributed by atoms with E-state index in [0.29, 0.717) is 0 Å².